The van der Waals surface area contributed by atoms with E-state index in [0.29, 0.717) is 17.9 Å². The van der Waals surface area contributed by atoms with Gasteiger partial charge in [-0.25, -0.2) is 18.0 Å². The molecule has 0 aliphatic carbocycles. The lowest BCUT2D eigenvalue weighted by atomic mass is 10.2. The second-order valence-electron chi connectivity index (χ2n) is 13.0. The molecule has 0 heterocycles. The number of anilines is 1. The summed E-state index contributed by atoms with van der Waals surface area (Å²) in [5, 5.41) is 0. The third kappa shape index (κ3) is 15.9. The van der Waals surface area contributed by atoms with Crippen LogP contribution < -0.4 is 14.4 Å². The Morgan fingerprint density at radius 3 is 1.31 bits per heavy atom. The molecule has 12 heteroatoms. The zero-order valence-corrected chi connectivity index (χ0v) is 31.0. The van der Waals surface area contributed by atoms with Gasteiger partial charge in [-0.1, -0.05) is 13.3 Å². The Kier molecular flexibility index (Phi) is 15.3. The van der Waals surface area contributed by atoms with Gasteiger partial charge < -0.3 is 28.4 Å². The molecule has 0 atom stereocenters. The van der Waals surface area contributed by atoms with E-state index in [1.165, 1.54) is 0 Å². The first-order valence-corrected chi connectivity index (χ1v) is 18.4. The average molecular weight is 704 g/mol. The number of carbonyl (C=O) groups excluding carboxylic acids is 2. The van der Waals surface area contributed by atoms with Crippen LogP contribution in [-0.4, -0.2) is 69.2 Å². The summed E-state index contributed by atoms with van der Waals surface area (Å²) in [6.45, 7) is 12.5. The lowest BCUT2D eigenvalue weighted by molar-refractivity contribution is -0.158. The fraction of sp³-hybridized carbons (Fsp3) is 0.444. The molecule has 0 amide bonds. The van der Waals surface area contributed by atoms with E-state index in [-0.39, 0.29) is 19.0 Å². The molecule has 0 saturated heterocycles. The highest BCUT2D eigenvalue weighted by atomic mass is 32.2. The minimum Gasteiger partial charge on any atom is -0.748 e. The highest BCUT2D eigenvalue weighted by molar-refractivity contribution is 7.97. The fourth-order valence-electron chi connectivity index (χ4n) is 3.98. The van der Waals surface area contributed by atoms with Crippen molar-refractivity contribution in [3.8, 4) is 11.5 Å². The Morgan fingerprint density at radius 2 is 1.04 bits per heavy atom. The SMILES string of the molecule is CCCCS(=O)(=O)[O-].CN(C)c1ccc([S+](c2ccc(OCC(=O)OC(C)(C)C)cc2)c2ccc(OCC(=O)OC(C)(C)C)cc2)cc1. The molecule has 3 rings (SSSR count). The maximum absolute atomic E-state index is 12.0. The van der Waals surface area contributed by atoms with Crippen LogP contribution in [0.4, 0.5) is 5.69 Å². The normalized spacial score (nSPS) is 11.6. The number of benzene rings is 3. The summed E-state index contributed by atoms with van der Waals surface area (Å²) < 4.78 is 51.5. The molecule has 0 N–H and O–H groups in total. The molecule has 10 nitrogen and oxygen atoms in total. The molecule has 3 aromatic carbocycles. The van der Waals surface area contributed by atoms with Crippen molar-refractivity contribution in [3.05, 3.63) is 72.8 Å². The van der Waals surface area contributed by atoms with Gasteiger partial charge in [-0.05, 0) is 121 Å². The van der Waals surface area contributed by atoms with Gasteiger partial charge in [0.25, 0.3) is 0 Å². The largest absolute Gasteiger partial charge is 0.748 e. The second kappa shape index (κ2) is 18.1. The highest BCUT2D eigenvalue weighted by Gasteiger charge is 2.29. The summed E-state index contributed by atoms with van der Waals surface area (Å²) in [4.78, 5) is 29.5. The van der Waals surface area contributed by atoms with Crippen LogP contribution in [0.5, 0.6) is 11.5 Å². The first-order chi connectivity index (χ1) is 22.3. The number of rotatable bonds is 13. The standard InChI is InChI=1S/C32H40NO6S.C4H10O3S/c1-31(2,3)38-29(34)21-36-24-11-17-27(18-12-24)40(26-15-9-23(10-16-26)33(7)8)28-19-13-25(14-20-28)37-22-30(35)39-32(4,5)6;1-2-3-4-8(5,6)7/h9-20H,21-22H2,1-8H3;2-4H2,1H3,(H,5,6,7)/q+1;/p-1. The van der Waals surface area contributed by atoms with Crippen LogP contribution in [0.3, 0.4) is 0 Å². The predicted molar refractivity (Wildman–Crippen MR) is 188 cm³/mol. The average Bonchev–Trinajstić information content (AvgIpc) is 2.98. The number of ether oxygens (including phenoxy) is 4. The van der Waals surface area contributed by atoms with Crippen LogP contribution in [0.1, 0.15) is 61.3 Å². The molecule has 0 radical (unpaired) electrons. The van der Waals surface area contributed by atoms with E-state index >= 15 is 0 Å². The van der Waals surface area contributed by atoms with Crippen LogP contribution in [-0.2, 0) is 40.1 Å². The quantitative estimate of drug-likeness (QED) is 0.109. The third-order valence-electron chi connectivity index (χ3n) is 6.01. The van der Waals surface area contributed by atoms with E-state index in [1.54, 1.807) is 0 Å². The molecule has 0 fully saturated rings. The summed E-state index contributed by atoms with van der Waals surface area (Å²) in [6, 6.07) is 24.0. The summed E-state index contributed by atoms with van der Waals surface area (Å²) >= 11 is 0. The molecule has 0 aliphatic heterocycles. The second-order valence-corrected chi connectivity index (χ2v) is 16.6. The fourth-order valence-corrected chi connectivity index (χ4v) is 6.66. The summed E-state index contributed by atoms with van der Waals surface area (Å²) in [6.07, 6.45) is 1.23. The third-order valence-corrected chi connectivity index (χ3v) is 9.03. The minimum absolute atomic E-state index is 0.154. The number of nitrogens with zero attached hydrogens (tertiary/aromatic N) is 1. The van der Waals surface area contributed by atoms with Gasteiger partial charge in [-0.2, -0.15) is 0 Å². The molecule has 264 valence electrons. The molecule has 0 aromatic heterocycles. The molecule has 0 unspecified atom stereocenters. The zero-order valence-electron chi connectivity index (χ0n) is 29.4. The smallest absolute Gasteiger partial charge is 0.344 e. The van der Waals surface area contributed by atoms with Crippen LogP contribution in [0.15, 0.2) is 87.5 Å². The van der Waals surface area contributed by atoms with Crippen LogP contribution in [0.25, 0.3) is 0 Å². The van der Waals surface area contributed by atoms with Gasteiger partial charge in [-0.15, -0.1) is 0 Å². The van der Waals surface area contributed by atoms with Gasteiger partial charge in [0.1, 0.15) is 22.7 Å². The van der Waals surface area contributed by atoms with Crippen LogP contribution in [0.2, 0.25) is 0 Å². The Morgan fingerprint density at radius 1 is 0.688 bits per heavy atom. The van der Waals surface area contributed by atoms with Crippen LogP contribution >= 0.6 is 0 Å². The van der Waals surface area contributed by atoms with E-state index in [9.17, 15) is 22.6 Å². The summed E-state index contributed by atoms with van der Waals surface area (Å²) in [5.74, 6) is 0.139. The van der Waals surface area contributed by atoms with Crippen molar-refractivity contribution >= 4 is 38.6 Å². The topological polar surface area (TPSA) is 132 Å². The lowest BCUT2D eigenvalue weighted by Crippen LogP contribution is -2.27. The Bertz CT molecular complexity index is 1470. The van der Waals surface area contributed by atoms with E-state index in [2.05, 4.69) is 29.2 Å². The number of esters is 2. The zero-order chi connectivity index (χ0) is 36.1. The van der Waals surface area contributed by atoms with Crippen molar-refractivity contribution < 1.29 is 41.5 Å². The van der Waals surface area contributed by atoms with Crippen molar-refractivity contribution in [2.75, 3.05) is 38.0 Å². The molecular weight excluding hydrogens is 655 g/mol. The van der Waals surface area contributed by atoms with Crippen LogP contribution in [0, 0.1) is 0 Å². The van der Waals surface area contributed by atoms with Crippen molar-refractivity contribution in [1.82, 2.24) is 0 Å². The number of hydrogen-bond acceptors (Lipinski definition) is 10. The monoisotopic (exact) mass is 703 g/mol. The number of unbranched alkanes of at least 4 members (excludes halogenated alkanes) is 1. The van der Waals surface area contributed by atoms with E-state index < -0.39 is 44.2 Å². The Labute approximate surface area is 288 Å². The van der Waals surface area contributed by atoms with Crippen molar-refractivity contribution in [2.24, 2.45) is 0 Å². The van der Waals surface area contributed by atoms with Gasteiger partial charge in [0.15, 0.2) is 27.9 Å². The molecule has 0 saturated carbocycles. The van der Waals surface area contributed by atoms with Gasteiger partial charge in [-0.3, -0.25) is 0 Å². The van der Waals surface area contributed by atoms with Crippen molar-refractivity contribution in [1.29, 1.82) is 0 Å². The highest BCUT2D eigenvalue weighted by Crippen LogP contribution is 2.34. The summed E-state index contributed by atoms with van der Waals surface area (Å²) in [5.41, 5.74) is -0.00198. The maximum atomic E-state index is 12.0. The molecule has 0 spiro atoms. The summed E-state index contributed by atoms with van der Waals surface area (Å²) in [7, 11) is -0.325. The van der Waals surface area contributed by atoms with Gasteiger partial charge in [0.05, 0.1) is 21.0 Å². The molecular formula is C36H49NO9S2. The molecule has 48 heavy (non-hydrogen) atoms. The minimum atomic E-state index is -3.94. The molecule has 0 aliphatic rings. The van der Waals surface area contributed by atoms with Gasteiger partial charge >= 0.3 is 11.9 Å². The Balaban J connectivity index is 0.000000886. The van der Waals surface area contributed by atoms with Crippen molar-refractivity contribution in [2.45, 2.75) is 87.2 Å². The maximum Gasteiger partial charge on any atom is 0.344 e. The Hall–Kier alpha value is -3.74. The molecule has 0 bridgehead atoms. The predicted octanol–water partition coefficient (Wildman–Crippen LogP) is 6.62. The number of hydrogen-bond donors (Lipinski definition) is 0. The van der Waals surface area contributed by atoms with E-state index in [0.717, 1.165) is 26.8 Å². The van der Waals surface area contributed by atoms with Crippen molar-refractivity contribution in [3.63, 3.8) is 0 Å². The van der Waals surface area contributed by atoms with E-state index in [4.69, 9.17) is 18.9 Å². The van der Waals surface area contributed by atoms with E-state index in [1.807, 2.05) is 111 Å². The number of carbonyl (C=O) groups is 2. The molecule has 3 aromatic rings. The first kappa shape index (κ1) is 40.4. The van der Waals surface area contributed by atoms with Gasteiger partial charge in [0, 0.05) is 25.5 Å². The lowest BCUT2D eigenvalue weighted by Gasteiger charge is -2.19. The van der Waals surface area contributed by atoms with Gasteiger partial charge in [0.2, 0.25) is 0 Å². The first-order valence-electron chi connectivity index (χ1n) is 15.6.